The number of hydrogen-bond acceptors (Lipinski definition) is 4. The van der Waals surface area contributed by atoms with Crippen LogP contribution >= 0.6 is 23.2 Å². The van der Waals surface area contributed by atoms with E-state index in [4.69, 9.17) is 27.9 Å². The molecular weight excluding hydrogens is 297 g/mol. The van der Waals surface area contributed by atoms with Crippen LogP contribution in [0.15, 0.2) is 36.5 Å². The fourth-order valence-corrected chi connectivity index (χ4v) is 2.06. The number of benzene rings is 1. The highest BCUT2D eigenvalue weighted by atomic mass is 35.5. The molecule has 1 aromatic carbocycles. The van der Waals surface area contributed by atoms with Gasteiger partial charge in [0.15, 0.2) is 5.75 Å². The van der Waals surface area contributed by atoms with E-state index >= 15 is 0 Å². The molecule has 0 amide bonds. The van der Waals surface area contributed by atoms with Gasteiger partial charge in [-0.15, -0.1) is 0 Å². The number of para-hydroxylation sites is 1. The number of rotatable bonds is 2. The van der Waals surface area contributed by atoms with Crippen LogP contribution in [0.5, 0.6) is 11.6 Å². The van der Waals surface area contributed by atoms with Crippen LogP contribution in [0.4, 0.5) is 0 Å². The van der Waals surface area contributed by atoms with Gasteiger partial charge >= 0.3 is 0 Å². The van der Waals surface area contributed by atoms with Gasteiger partial charge in [-0.05, 0) is 30.7 Å². The molecule has 0 radical (unpaired) electrons. The average Bonchev–Trinajstić information content (AvgIpc) is 2.43. The molecule has 0 aliphatic rings. The maximum atomic E-state index is 6.00. The minimum atomic E-state index is 0.0776. The predicted molar refractivity (Wildman–Crippen MR) is 78.6 cm³/mol. The van der Waals surface area contributed by atoms with E-state index in [9.17, 15) is 0 Å². The van der Waals surface area contributed by atoms with E-state index in [2.05, 4.69) is 15.0 Å². The first-order valence-electron chi connectivity index (χ1n) is 5.86. The zero-order chi connectivity index (χ0) is 14.1. The van der Waals surface area contributed by atoms with Crippen LogP contribution in [0.3, 0.4) is 0 Å². The minimum absolute atomic E-state index is 0.0776. The Labute approximate surface area is 125 Å². The van der Waals surface area contributed by atoms with Gasteiger partial charge in [0, 0.05) is 11.1 Å². The fourth-order valence-electron chi connectivity index (χ4n) is 1.81. The Morgan fingerprint density at radius 3 is 2.75 bits per heavy atom. The first kappa shape index (κ1) is 13.1. The molecular formula is C14H9Cl2N3O. The van der Waals surface area contributed by atoms with Crippen LogP contribution in [0.25, 0.3) is 10.9 Å². The van der Waals surface area contributed by atoms with Crippen LogP contribution < -0.4 is 4.74 Å². The van der Waals surface area contributed by atoms with E-state index in [1.807, 2.05) is 31.2 Å². The summed E-state index contributed by atoms with van der Waals surface area (Å²) in [4.78, 5) is 12.2. The molecule has 0 N–H and O–H groups in total. The molecule has 0 aliphatic carbocycles. The molecule has 6 heteroatoms. The lowest BCUT2D eigenvalue weighted by Crippen LogP contribution is -1.94. The van der Waals surface area contributed by atoms with Gasteiger partial charge in [0.2, 0.25) is 11.2 Å². The average molecular weight is 306 g/mol. The summed E-state index contributed by atoms with van der Waals surface area (Å²) in [6.07, 6.45) is 1.40. The van der Waals surface area contributed by atoms with E-state index in [0.717, 1.165) is 16.6 Å². The Balaban J connectivity index is 2.10. The van der Waals surface area contributed by atoms with Crippen molar-refractivity contribution >= 4 is 34.1 Å². The number of aromatic nitrogens is 3. The molecule has 0 saturated heterocycles. The molecule has 100 valence electrons. The summed E-state index contributed by atoms with van der Waals surface area (Å²) in [5, 5.41) is 1.34. The van der Waals surface area contributed by atoms with E-state index in [-0.39, 0.29) is 11.2 Å². The predicted octanol–water partition coefficient (Wildman–Crippen LogP) is 4.43. The topological polar surface area (TPSA) is 47.9 Å². The van der Waals surface area contributed by atoms with Crippen LogP contribution in [0.1, 0.15) is 5.69 Å². The number of fused-ring (bicyclic) bond motifs is 1. The summed E-state index contributed by atoms with van der Waals surface area (Å²) >= 11 is 11.7. The number of nitrogens with zero attached hydrogens (tertiary/aromatic N) is 3. The molecule has 3 rings (SSSR count). The second kappa shape index (κ2) is 5.23. The van der Waals surface area contributed by atoms with Gasteiger partial charge in [0.05, 0.1) is 6.20 Å². The van der Waals surface area contributed by atoms with Crippen molar-refractivity contribution in [2.24, 2.45) is 0 Å². The van der Waals surface area contributed by atoms with Crippen molar-refractivity contribution in [1.82, 2.24) is 15.0 Å². The molecule has 2 heterocycles. The van der Waals surface area contributed by atoms with Crippen LogP contribution in [-0.2, 0) is 0 Å². The van der Waals surface area contributed by atoms with Crippen molar-refractivity contribution in [1.29, 1.82) is 0 Å². The molecule has 0 unspecified atom stereocenters. The molecule has 20 heavy (non-hydrogen) atoms. The van der Waals surface area contributed by atoms with Crippen LogP contribution in [-0.4, -0.2) is 15.0 Å². The standard InChI is InChI=1S/C14H9Cl2N3O/c1-8-5-6-9-3-2-4-11(12(9)18-8)20-13-10(15)7-17-14(16)19-13/h2-7H,1H3. The lowest BCUT2D eigenvalue weighted by atomic mass is 10.2. The number of halogens is 2. The molecule has 0 aliphatic heterocycles. The Morgan fingerprint density at radius 1 is 1.05 bits per heavy atom. The molecule has 0 fully saturated rings. The third-order valence-corrected chi connectivity index (χ3v) is 3.15. The van der Waals surface area contributed by atoms with Crippen molar-refractivity contribution in [2.45, 2.75) is 6.92 Å². The molecule has 4 nitrogen and oxygen atoms in total. The molecule has 0 saturated carbocycles. The molecule has 0 bridgehead atoms. The Hall–Kier alpha value is -1.91. The van der Waals surface area contributed by atoms with Crippen molar-refractivity contribution in [3.8, 4) is 11.6 Å². The Bertz CT molecular complexity index is 792. The summed E-state index contributed by atoms with van der Waals surface area (Å²) in [6.45, 7) is 1.92. The van der Waals surface area contributed by atoms with E-state index < -0.39 is 0 Å². The maximum Gasteiger partial charge on any atom is 0.242 e. The number of pyridine rings is 1. The molecule has 0 spiro atoms. The second-order valence-corrected chi connectivity index (χ2v) is 4.92. The summed E-state index contributed by atoms with van der Waals surface area (Å²) in [6, 6.07) is 9.58. The zero-order valence-corrected chi connectivity index (χ0v) is 12.0. The van der Waals surface area contributed by atoms with Gasteiger partial charge in [-0.3, -0.25) is 0 Å². The fraction of sp³-hybridized carbons (Fsp3) is 0.0714. The maximum absolute atomic E-state index is 6.00. The van der Waals surface area contributed by atoms with Gasteiger partial charge in [0.25, 0.3) is 0 Å². The third kappa shape index (κ3) is 2.53. The molecule has 0 atom stereocenters. The van der Waals surface area contributed by atoms with Crippen molar-refractivity contribution < 1.29 is 4.74 Å². The number of aryl methyl sites for hydroxylation is 1. The van der Waals surface area contributed by atoms with E-state index in [1.54, 1.807) is 6.07 Å². The van der Waals surface area contributed by atoms with E-state index in [0.29, 0.717) is 10.8 Å². The largest absolute Gasteiger partial charge is 0.435 e. The second-order valence-electron chi connectivity index (χ2n) is 4.17. The molecule has 3 aromatic rings. The monoisotopic (exact) mass is 305 g/mol. The summed E-state index contributed by atoms with van der Waals surface area (Å²) in [5.41, 5.74) is 1.65. The van der Waals surface area contributed by atoms with Gasteiger partial charge in [0.1, 0.15) is 10.5 Å². The quantitative estimate of drug-likeness (QED) is 0.657. The SMILES string of the molecule is Cc1ccc2cccc(Oc3nc(Cl)ncc3Cl)c2n1. The third-order valence-electron chi connectivity index (χ3n) is 2.71. The smallest absolute Gasteiger partial charge is 0.242 e. The van der Waals surface area contributed by atoms with Gasteiger partial charge in [-0.25, -0.2) is 9.97 Å². The van der Waals surface area contributed by atoms with Crippen molar-refractivity contribution in [2.75, 3.05) is 0 Å². The highest BCUT2D eigenvalue weighted by Gasteiger charge is 2.10. The number of hydrogen-bond donors (Lipinski definition) is 0. The highest BCUT2D eigenvalue weighted by molar-refractivity contribution is 6.32. The van der Waals surface area contributed by atoms with Crippen LogP contribution in [0, 0.1) is 6.92 Å². The Kier molecular flexibility index (Phi) is 3.42. The normalized spacial score (nSPS) is 10.8. The van der Waals surface area contributed by atoms with Gasteiger partial charge in [-0.1, -0.05) is 29.8 Å². The van der Waals surface area contributed by atoms with Crippen LogP contribution in [0.2, 0.25) is 10.3 Å². The van der Waals surface area contributed by atoms with Crippen molar-refractivity contribution in [3.63, 3.8) is 0 Å². The minimum Gasteiger partial charge on any atom is -0.435 e. The zero-order valence-electron chi connectivity index (χ0n) is 10.5. The first-order chi connectivity index (χ1) is 9.63. The molecule has 2 aromatic heterocycles. The van der Waals surface area contributed by atoms with Gasteiger partial charge in [-0.2, -0.15) is 4.98 Å². The highest BCUT2D eigenvalue weighted by Crippen LogP contribution is 2.31. The van der Waals surface area contributed by atoms with Crippen molar-refractivity contribution in [3.05, 3.63) is 52.5 Å². The summed E-state index contributed by atoms with van der Waals surface area (Å²) in [7, 11) is 0. The Morgan fingerprint density at radius 2 is 1.90 bits per heavy atom. The van der Waals surface area contributed by atoms with E-state index in [1.165, 1.54) is 6.20 Å². The first-order valence-corrected chi connectivity index (χ1v) is 6.61. The van der Waals surface area contributed by atoms with Gasteiger partial charge < -0.3 is 4.74 Å². The number of ether oxygens (including phenoxy) is 1. The summed E-state index contributed by atoms with van der Waals surface area (Å²) in [5.74, 6) is 0.783. The summed E-state index contributed by atoms with van der Waals surface area (Å²) < 4.78 is 5.73. The lowest BCUT2D eigenvalue weighted by Gasteiger charge is -2.09. The lowest BCUT2D eigenvalue weighted by molar-refractivity contribution is 0.466.